The summed E-state index contributed by atoms with van der Waals surface area (Å²) in [5, 5.41) is 9.99. The number of carbonyl (C=O) groups is 3. The monoisotopic (exact) mass is 432 g/mol. The van der Waals surface area contributed by atoms with Crippen molar-refractivity contribution in [2.45, 2.75) is 32.7 Å². The third-order valence-electron chi connectivity index (χ3n) is 5.47. The Morgan fingerprint density at radius 2 is 1.97 bits per heavy atom. The number of rotatable bonds is 6. The third kappa shape index (κ3) is 3.99. The van der Waals surface area contributed by atoms with E-state index in [0.29, 0.717) is 17.8 Å². The quantitative estimate of drug-likeness (QED) is 0.583. The normalized spacial score (nSPS) is 13.9. The molecular weight excluding hydrogens is 408 g/mol. The molecule has 2 heterocycles. The molecule has 0 saturated heterocycles. The zero-order chi connectivity index (χ0) is 22.9. The number of hydrogen-bond acceptors (Lipinski definition) is 5. The molecule has 2 N–H and O–H groups in total. The third-order valence-corrected chi connectivity index (χ3v) is 5.47. The maximum atomic E-state index is 12.7. The minimum Gasteiger partial charge on any atom is -0.461 e. The Kier molecular flexibility index (Phi) is 5.52. The molecule has 0 saturated carbocycles. The second-order valence-electron chi connectivity index (χ2n) is 8.06. The van der Waals surface area contributed by atoms with Crippen LogP contribution in [0.3, 0.4) is 0 Å². The molecule has 0 radical (unpaired) electrons. The van der Waals surface area contributed by atoms with Crippen molar-refractivity contribution in [2.24, 2.45) is 0 Å². The van der Waals surface area contributed by atoms with Crippen molar-refractivity contribution in [2.75, 3.05) is 11.9 Å². The Labute approximate surface area is 185 Å². The first-order chi connectivity index (χ1) is 15.3. The van der Waals surface area contributed by atoms with Crippen LogP contribution in [0.25, 0.3) is 5.69 Å². The first-order valence-corrected chi connectivity index (χ1v) is 10.4. The SMILES string of the molecule is CCOC(=O)c1ccn(-c2cccc(CNC(=O)c3ccc4c(c3)NC(=O)C4(C)C)c2)n1. The van der Waals surface area contributed by atoms with Crippen molar-refractivity contribution in [1.82, 2.24) is 15.1 Å². The van der Waals surface area contributed by atoms with E-state index in [1.54, 1.807) is 36.0 Å². The summed E-state index contributed by atoms with van der Waals surface area (Å²) in [5.41, 5.74) is 3.29. The van der Waals surface area contributed by atoms with Crippen LogP contribution in [0.2, 0.25) is 0 Å². The number of aromatic nitrogens is 2. The molecule has 8 nitrogen and oxygen atoms in total. The van der Waals surface area contributed by atoms with Crippen molar-refractivity contribution in [3.05, 3.63) is 77.1 Å². The van der Waals surface area contributed by atoms with Gasteiger partial charge in [-0.05, 0) is 62.2 Å². The number of hydrogen-bond donors (Lipinski definition) is 2. The van der Waals surface area contributed by atoms with Gasteiger partial charge in [0.05, 0.1) is 17.7 Å². The average molecular weight is 432 g/mol. The van der Waals surface area contributed by atoms with Crippen LogP contribution in [0.4, 0.5) is 5.69 Å². The maximum absolute atomic E-state index is 12.7. The van der Waals surface area contributed by atoms with E-state index in [1.165, 1.54) is 0 Å². The number of benzene rings is 2. The van der Waals surface area contributed by atoms with Gasteiger partial charge in [0.1, 0.15) is 0 Å². The number of nitrogens with zero attached hydrogens (tertiary/aromatic N) is 2. The van der Waals surface area contributed by atoms with Gasteiger partial charge in [0, 0.05) is 24.0 Å². The Balaban J connectivity index is 1.44. The van der Waals surface area contributed by atoms with Crippen molar-refractivity contribution in [1.29, 1.82) is 0 Å². The van der Waals surface area contributed by atoms with Gasteiger partial charge in [0.2, 0.25) is 5.91 Å². The van der Waals surface area contributed by atoms with Gasteiger partial charge in [0.15, 0.2) is 5.69 Å². The van der Waals surface area contributed by atoms with E-state index in [2.05, 4.69) is 15.7 Å². The van der Waals surface area contributed by atoms with Crippen molar-refractivity contribution in [3.8, 4) is 5.69 Å². The summed E-state index contributed by atoms with van der Waals surface area (Å²) >= 11 is 0. The topological polar surface area (TPSA) is 102 Å². The largest absolute Gasteiger partial charge is 0.461 e. The Bertz CT molecular complexity index is 1210. The second kappa shape index (κ2) is 8.30. The van der Waals surface area contributed by atoms with Gasteiger partial charge in [-0.1, -0.05) is 18.2 Å². The molecule has 8 heteroatoms. The van der Waals surface area contributed by atoms with Crippen LogP contribution in [0.5, 0.6) is 0 Å². The molecule has 1 aromatic heterocycles. The predicted molar refractivity (Wildman–Crippen MR) is 119 cm³/mol. The molecule has 32 heavy (non-hydrogen) atoms. The molecule has 0 bridgehead atoms. The van der Waals surface area contributed by atoms with E-state index in [9.17, 15) is 14.4 Å². The first kappa shape index (κ1) is 21.3. The highest BCUT2D eigenvalue weighted by Crippen LogP contribution is 2.37. The van der Waals surface area contributed by atoms with E-state index in [1.807, 2.05) is 44.2 Å². The molecule has 0 atom stereocenters. The fourth-order valence-electron chi connectivity index (χ4n) is 3.61. The van der Waals surface area contributed by atoms with Crippen molar-refractivity contribution < 1.29 is 19.1 Å². The predicted octanol–water partition coefficient (Wildman–Crippen LogP) is 3.21. The zero-order valence-corrected chi connectivity index (χ0v) is 18.1. The molecule has 0 unspecified atom stereocenters. The molecule has 4 rings (SSSR count). The van der Waals surface area contributed by atoms with Gasteiger partial charge in [-0.25, -0.2) is 9.48 Å². The minimum atomic E-state index is -0.607. The number of fused-ring (bicyclic) bond motifs is 1. The lowest BCUT2D eigenvalue weighted by Crippen LogP contribution is -2.26. The lowest BCUT2D eigenvalue weighted by Gasteiger charge is -2.15. The van der Waals surface area contributed by atoms with E-state index in [0.717, 1.165) is 16.8 Å². The van der Waals surface area contributed by atoms with Gasteiger partial charge >= 0.3 is 5.97 Å². The van der Waals surface area contributed by atoms with Crippen LogP contribution < -0.4 is 10.6 Å². The molecule has 1 aliphatic rings. The number of amides is 2. The molecule has 1 aliphatic heterocycles. The van der Waals surface area contributed by atoms with E-state index in [4.69, 9.17) is 4.74 Å². The molecule has 2 amide bonds. The van der Waals surface area contributed by atoms with Crippen LogP contribution in [0.1, 0.15) is 52.7 Å². The van der Waals surface area contributed by atoms with Gasteiger partial charge in [-0.3, -0.25) is 9.59 Å². The first-order valence-electron chi connectivity index (χ1n) is 10.4. The van der Waals surface area contributed by atoms with Crippen LogP contribution >= 0.6 is 0 Å². The zero-order valence-electron chi connectivity index (χ0n) is 18.1. The summed E-state index contributed by atoms with van der Waals surface area (Å²) in [6.07, 6.45) is 1.68. The molecule has 3 aromatic rings. The Morgan fingerprint density at radius 3 is 2.75 bits per heavy atom. The van der Waals surface area contributed by atoms with Gasteiger partial charge in [0.25, 0.3) is 5.91 Å². The highest BCUT2D eigenvalue weighted by atomic mass is 16.5. The molecule has 0 fully saturated rings. The smallest absolute Gasteiger partial charge is 0.358 e. The number of esters is 1. The van der Waals surface area contributed by atoms with Crippen LogP contribution in [0, 0.1) is 0 Å². The van der Waals surface area contributed by atoms with Crippen LogP contribution in [-0.2, 0) is 21.5 Å². The van der Waals surface area contributed by atoms with Crippen LogP contribution in [-0.4, -0.2) is 34.2 Å². The number of nitrogens with one attached hydrogen (secondary N) is 2. The summed E-state index contributed by atoms with van der Waals surface area (Å²) in [7, 11) is 0. The Morgan fingerprint density at radius 1 is 1.16 bits per heavy atom. The fourth-order valence-corrected chi connectivity index (χ4v) is 3.61. The standard InChI is InChI=1S/C24H24N4O4/c1-4-32-22(30)19-10-11-28(27-19)17-7-5-6-15(12-17)14-25-21(29)16-8-9-18-20(13-16)26-23(31)24(18,2)3/h5-13H,4,14H2,1-3H3,(H,25,29)(H,26,31). The Hall–Kier alpha value is -3.94. The van der Waals surface area contributed by atoms with E-state index < -0.39 is 11.4 Å². The maximum Gasteiger partial charge on any atom is 0.358 e. The summed E-state index contributed by atoms with van der Waals surface area (Å²) in [6.45, 7) is 6.06. The molecule has 0 spiro atoms. The molecule has 164 valence electrons. The number of ether oxygens (including phenoxy) is 1. The highest BCUT2D eigenvalue weighted by molar-refractivity contribution is 6.07. The molecule has 2 aromatic carbocycles. The van der Waals surface area contributed by atoms with Crippen molar-refractivity contribution in [3.63, 3.8) is 0 Å². The highest BCUT2D eigenvalue weighted by Gasteiger charge is 2.38. The average Bonchev–Trinajstić information content (AvgIpc) is 3.36. The fraction of sp³-hybridized carbons (Fsp3) is 0.250. The van der Waals surface area contributed by atoms with E-state index in [-0.39, 0.29) is 24.1 Å². The summed E-state index contributed by atoms with van der Waals surface area (Å²) < 4.78 is 6.55. The summed E-state index contributed by atoms with van der Waals surface area (Å²) in [4.78, 5) is 36.6. The van der Waals surface area contributed by atoms with Crippen molar-refractivity contribution >= 4 is 23.5 Å². The van der Waals surface area contributed by atoms with Gasteiger partial charge < -0.3 is 15.4 Å². The minimum absolute atomic E-state index is 0.0772. The lowest BCUT2D eigenvalue weighted by molar-refractivity contribution is -0.119. The summed E-state index contributed by atoms with van der Waals surface area (Å²) in [6, 6.07) is 14.3. The second-order valence-corrected chi connectivity index (χ2v) is 8.06. The van der Waals surface area contributed by atoms with Crippen LogP contribution in [0.15, 0.2) is 54.7 Å². The summed E-state index contributed by atoms with van der Waals surface area (Å²) in [5.74, 6) is -0.781. The number of anilines is 1. The van der Waals surface area contributed by atoms with Gasteiger partial charge in [-0.2, -0.15) is 5.10 Å². The van der Waals surface area contributed by atoms with E-state index >= 15 is 0 Å². The molecule has 0 aliphatic carbocycles. The number of carbonyl (C=O) groups excluding carboxylic acids is 3. The lowest BCUT2D eigenvalue weighted by atomic mass is 9.86. The van der Waals surface area contributed by atoms with Gasteiger partial charge in [-0.15, -0.1) is 0 Å². The molecular formula is C24H24N4O4.